The number of carbonyl (C=O) groups excluding carboxylic acids is 6. The molecule has 3 N–H and O–H groups in total. The Hall–Kier alpha value is -5.94. The van der Waals surface area contributed by atoms with Crippen molar-refractivity contribution in [3.8, 4) is 0 Å². The van der Waals surface area contributed by atoms with E-state index < -0.39 is 35.6 Å². The molecule has 0 aliphatic carbocycles. The van der Waals surface area contributed by atoms with Crippen molar-refractivity contribution >= 4 is 47.1 Å². The lowest BCUT2D eigenvalue weighted by Crippen LogP contribution is -2.61. The van der Waals surface area contributed by atoms with Crippen LogP contribution in [0.25, 0.3) is 0 Å². The number of fused-ring (bicyclic) bond motifs is 1. The van der Waals surface area contributed by atoms with Crippen LogP contribution < -0.4 is 20.9 Å². The molecular formula is C46H54N10O7. The number of benzene rings is 2. The number of imide groups is 2. The number of hydrogen-bond acceptors (Lipinski definition) is 12. The summed E-state index contributed by atoms with van der Waals surface area (Å²) in [4.78, 5) is 97.7. The van der Waals surface area contributed by atoms with Crippen molar-refractivity contribution in [2.45, 2.75) is 87.9 Å². The smallest absolute Gasteiger partial charge is 0.320 e. The maximum absolute atomic E-state index is 13.4. The van der Waals surface area contributed by atoms with Crippen LogP contribution in [0.15, 0.2) is 48.7 Å². The molecular weight excluding hydrogens is 805 g/mol. The minimum absolute atomic E-state index is 0.0363. The summed E-state index contributed by atoms with van der Waals surface area (Å²) in [6.07, 6.45) is 6.97. The van der Waals surface area contributed by atoms with E-state index in [1.54, 1.807) is 18.3 Å². The molecule has 0 bridgehead atoms. The van der Waals surface area contributed by atoms with Crippen molar-refractivity contribution in [1.82, 2.24) is 34.9 Å². The van der Waals surface area contributed by atoms with Gasteiger partial charge >= 0.3 is 6.03 Å². The Bertz CT molecular complexity index is 2360. The van der Waals surface area contributed by atoms with Gasteiger partial charge in [0.1, 0.15) is 17.6 Å². The highest BCUT2D eigenvalue weighted by atomic mass is 16.5. The zero-order chi connectivity index (χ0) is 43.6. The van der Waals surface area contributed by atoms with Gasteiger partial charge in [-0.3, -0.25) is 39.1 Å². The molecule has 330 valence electrons. The fraction of sp³-hybridized carbons (Fsp3) is 0.522. The van der Waals surface area contributed by atoms with Crippen molar-refractivity contribution in [2.24, 2.45) is 5.73 Å². The lowest BCUT2D eigenvalue weighted by atomic mass is 9.74. The number of nitrogens with two attached hydrogens (primary N) is 1. The zero-order valence-electron chi connectivity index (χ0n) is 35.7. The Morgan fingerprint density at radius 3 is 2.24 bits per heavy atom. The average Bonchev–Trinajstić information content (AvgIpc) is 3.74. The highest BCUT2D eigenvalue weighted by molar-refractivity contribution is 6.23. The summed E-state index contributed by atoms with van der Waals surface area (Å²) in [6.45, 7) is 10.1. The highest BCUT2D eigenvalue weighted by Crippen LogP contribution is 2.38. The van der Waals surface area contributed by atoms with Crippen molar-refractivity contribution in [2.75, 3.05) is 75.4 Å². The highest BCUT2D eigenvalue weighted by Gasteiger charge is 2.46. The molecule has 2 atom stereocenters. The lowest BCUT2D eigenvalue weighted by molar-refractivity contribution is -0.136. The van der Waals surface area contributed by atoms with Crippen LogP contribution in [0.1, 0.15) is 93.5 Å². The van der Waals surface area contributed by atoms with Crippen LogP contribution >= 0.6 is 0 Å². The Balaban J connectivity index is 0.718. The molecule has 7 aliphatic rings. The topological polar surface area (TPSA) is 195 Å². The molecule has 0 spiro atoms. The standard InChI is InChI=1S/C46H54N10O7/c1-46(14-17-51(18-15-46)32-24-53(25-32)30-9-10-34-35(21-30)44(61)56(43(34)60)37-12-13-39(57)50-42(37)59)29-7-4-28(5-8-29)6-11-36-40(41(47)58)48-22-38(49-36)52-16-2-3-31(23-52)54-19-20-55(45(54)62)33-26-63-27-33/h4-5,7-10,21-22,31-33,37H,2-3,6,11-20,23-27H2,1H3,(H2,47,58)(H,50,57,59). The van der Waals surface area contributed by atoms with Crippen molar-refractivity contribution < 1.29 is 33.5 Å². The van der Waals surface area contributed by atoms with Gasteiger partial charge in [-0.05, 0) is 92.8 Å². The molecule has 7 amide bonds. The van der Waals surface area contributed by atoms with E-state index in [9.17, 15) is 28.8 Å². The predicted molar refractivity (Wildman–Crippen MR) is 230 cm³/mol. The monoisotopic (exact) mass is 858 g/mol. The normalized spacial score (nSPS) is 24.5. The summed E-state index contributed by atoms with van der Waals surface area (Å²) in [6, 6.07) is 13.9. The van der Waals surface area contributed by atoms with Gasteiger partial charge in [0.15, 0.2) is 0 Å². The van der Waals surface area contributed by atoms with Gasteiger partial charge < -0.3 is 30.1 Å². The number of primary amides is 1. The number of anilines is 2. The first-order chi connectivity index (χ1) is 30.4. The molecule has 0 radical (unpaired) electrons. The van der Waals surface area contributed by atoms with Crippen LogP contribution in [-0.2, 0) is 32.6 Å². The van der Waals surface area contributed by atoms with E-state index in [2.05, 4.69) is 56.2 Å². The van der Waals surface area contributed by atoms with Crippen molar-refractivity contribution in [3.63, 3.8) is 0 Å². The minimum atomic E-state index is -0.979. The van der Waals surface area contributed by atoms with Crippen molar-refractivity contribution in [3.05, 3.63) is 82.3 Å². The number of nitrogens with one attached hydrogen (secondary N) is 1. The van der Waals surface area contributed by atoms with E-state index in [0.29, 0.717) is 67.8 Å². The molecule has 63 heavy (non-hydrogen) atoms. The van der Waals surface area contributed by atoms with E-state index in [1.165, 1.54) is 5.56 Å². The van der Waals surface area contributed by atoms with Crippen LogP contribution in [0.3, 0.4) is 0 Å². The quantitative estimate of drug-likeness (QED) is 0.267. The number of ether oxygens (including phenoxy) is 1. The summed E-state index contributed by atoms with van der Waals surface area (Å²) < 4.78 is 5.33. The van der Waals surface area contributed by atoms with Gasteiger partial charge in [-0.1, -0.05) is 31.2 Å². The van der Waals surface area contributed by atoms with E-state index in [4.69, 9.17) is 15.5 Å². The van der Waals surface area contributed by atoms with Gasteiger partial charge in [-0.15, -0.1) is 0 Å². The van der Waals surface area contributed by atoms with E-state index in [0.717, 1.165) is 81.1 Å². The number of aromatic nitrogens is 2. The molecule has 2 unspecified atom stereocenters. The van der Waals surface area contributed by atoms with Crippen LogP contribution in [0.5, 0.6) is 0 Å². The minimum Gasteiger partial charge on any atom is -0.377 e. The molecule has 17 nitrogen and oxygen atoms in total. The number of aryl methyl sites for hydroxylation is 2. The third kappa shape index (κ3) is 7.58. The number of carbonyl (C=O) groups is 6. The molecule has 7 aliphatic heterocycles. The van der Waals surface area contributed by atoms with Gasteiger partial charge in [0, 0.05) is 57.4 Å². The second-order valence-electron chi connectivity index (χ2n) is 18.5. The third-order valence-corrected chi connectivity index (χ3v) is 14.7. The summed E-state index contributed by atoms with van der Waals surface area (Å²) in [5.74, 6) is -1.88. The Kier molecular flexibility index (Phi) is 10.6. The average molecular weight is 859 g/mol. The van der Waals surface area contributed by atoms with E-state index >= 15 is 0 Å². The number of urea groups is 1. The number of amides is 7. The first kappa shape index (κ1) is 41.1. The molecule has 10 rings (SSSR count). The second kappa shape index (κ2) is 16.3. The number of likely N-dealkylation sites (tertiary alicyclic amines) is 1. The molecule has 6 fully saturated rings. The van der Waals surface area contributed by atoms with Crippen LogP contribution in [0, 0.1) is 0 Å². The fourth-order valence-electron chi connectivity index (χ4n) is 10.6. The first-order valence-electron chi connectivity index (χ1n) is 22.4. The second-order valence-corrected chi connectivity index (χ2v) is 18.5. The molecule has 17 heteroatoms. The van der Waals surface area contributed by atoms with Crippen LogP contribution in [0.2, 0.25) is 0 Å². The van der Waals surface area contributed by atoms with E-state index in [1.807, 2.05) is 15.9 Å². The van der Waals surface area contributed by atoms with Crippen LogP contribution in [0.4, 0.5) is 16.3 Å². The lowest BCUT2D eigenvalue weighted by Gasteiger charge is -2.50. The summed E-state index contributed by atoms with van der Waals surface area (Å²) >= 11 is 0. The molecule has 6 saturated heterocycles. The molecule has 1 aromatic heterocycles. The van der Waals surface area contributed by atoms with Gasteiger partial charge in [-0.2, -0.15) is 0 Å². The largest absolute Gasteiger partial charge is 0.377 e. The number of piperidine rings is 3. The van der Waals surface area contributed by atoms with Crippen molar-refractivity contribution in [1.29, 1.82) is 0 Å². The number of hydrogen-bond donors (Lipinski definition) is 2. The fourth-order valence-corrected chi connectivity index (χ4v) is 10.6. The molecule has 3 aromatic rings. The number of rotatable bonds is 11. The zero-order valence-corrected chi connectivity index (χ0v) is 35.7. The number of nitrogens with zero attached hydrogens (tertiary/aromatic N) is 8. The Morgan fingerprint density at radius 1 is 0.825 bits per heavy atom. The molecule has 2 aromatic carbocycles. The van der Waals surface area contributed by atoms with E-state index in [-0.39, 0.29) is 42.1 Å². The Morgan fingerprint density at radius 2 is 1.54 bits per heavy atom. The Labute approximate surface area is 365 Å². The third-order valence-electron chi connectivity index (χ3n) is 14.7. The van der Waals surface area contributed by atoms with Gasteiger partial charge in [0.05, 0.1) is 48.3 Å². The summed E-state index contributed by atoms with van der Waals surface area (Å²) in [7, 11) is 0. The predicted octanol–water partition coefficient (Wildman–Crippen LogP) is 2.11. The van der Waals surface area contributed by atoms with Crippen LogP contribution in [-0.4, -0.2) is 155 Å². The van der Waals surface area contributed by atoms with Gasteiger partial charge in [-0.25, -0.2) is 14.8 Å². The maximum atomic E-state index is 13.4. The first-order valence-corrected chi connectivity index (χ1v) is 22.4. The SMILES string of the molecule is CC1(c2ccc(CCc3nc(N4CCCC(N5CCN(C6COC6)C5=O)C4)cnc3C(N)=O)cc2)CCN(C2CN(c3ccc4c(c3)C(=O)N(C3CCC(=O)NC3=O)C4=O)C2)CC1. The molecule has 8 heterocycles. The summed E-state index contributed by atoms with van der Waals surface area (Å²) in [5, 5.41) is 2.25. The summed E-state index contributed by atoms with van der Waals surface area (Å²) in [5.41, 5.74) is 10.5. The van der Waals surface area contributed by atoms with Gasteiger partial charge in [0.2, 0.25) is 11.8 Å². The maximum Gasteiger partial charge on any atom is 0.320 e. The molecule has 0 saturated carbocycles. The van der Waals surface area contributed by atoms with Gasteiger partial charge in [0.25, 0.3) is 17.7 Å².